The number of nitrogens with one attached hydrogen (secondary N) is 1. The van der Waals surface area contributed by atoms with Crippen molar-refractivity contribution in [2.75, 3.05) is 7.11 Å². The Hall–Kier alpha value is -4.67. The van der Waals surface area contributed by atoms with Crippen molar-refractivity contribution in [3.63, 3.8) is 0 Å². The number of hydrogen-bond acceptors (Lipinski definition) is 7. The third kappa shape index (κ3) is 3.76. The van der Waals surface area contributed by atoms with E-state index in [4.69, 9.17) is 4.74 Å². The van der Waals surface area contributed by atoms with Crippen molar-refractivity contribution in [1.29, 1.82) is 0 Å². The number of fused-ring (bicyclic) bond motifs is 2. The number of ether oxygens (including phenoxy) is 1. The van der Waals surface area contributed by atoms with E-state index in [-0.39, 0.29) is 28.7 Å². The van der Waals surface area contributed by atoms with E-state index in [2.05, 4.69) is 20.2 Å². The second-order valence-electron chi connectivity index (χ2n) is 8.11. The van der Waals surface area contributed by atoms with Crippen LogP contribution < -0.4 is 16.0 Å². The van der Waals surface area contributed by atoms with Gasteiger partial charge in [-0.2, -0.15) is 4.98 Å². The van der Waals surface area contributed by atoms with E-state index in [1.165, 1.54) is 11.6 Å². The molecule has 3 heterocycles. The van der Waals surface area contributed by atoms with E-state index in [9.17, 15) is 14.7 Å². The van der Waals surface area contributed by atoms with E-state index in [1.54, 1.807) is 18.7 Å². The van der Waals surface area contributed by atoms with Gasteiger partial charge in [0.1, 0.15) is 5.75 Å². The normalized spacial score (nSPS) is 11.7. The molecular weight excluding hydrogens is 450 g/mol. The SMILES string of the molecule is COc1ccc(CCn2c(N=Nc3c(O)[nH]c4ccccc34)nc3c2c(=O)n(C)c(=O)n3C)cc1. The molecule has 0 radical (unpaired) electrons. The minimum atomic E-state index is -0.486. The molecule has 2 aromatic carbocycles. The average Bonchev–Trinajstić information content (AvgIpc) is 3.40. The van der Waals surface area contributed by atoms with Crippen molar-refractivity contribution >= 4 is 33.7 Å². The van der Waals surface area contributed by atoms with Gasteiger partial charge in [0.25, 0.3) is 11.5 Å². The summed E-state index contributed by atoms with van der Waals surface area (Å²) in [6.45, 7) is 0.366. The molecule has 0 atom stereocenters. The van der Waals surface area contributed by atoms with Crippen LogP contribution in [0.4, 0.5) is 11.6 Å². The van der Waals surface area contributed by atoms with Crippen LogP contribution in [0.25, 0.3) is 22.1 Å². The van der Waals surface area contributed by atoms with E-state index >= 15 is 0 Å². The molecule has 3 aromatic heterocycles. The van der Waals surface area contributed by atoms with Crippen molar-refractivity contribution in [2.24, 2.45) is 24.3 Å². The van der Waals surface area contributed by atoms with E-state index in [0.717, 1.165) is 15.9 Å². The standard InChI is InChI=1S/C24H23N7O4/c1-29-20-19(22(33)30(2)24(29)34)31(13-12-14-8-10-15(35-3)11-9-14)23(26-20)28-27-18-16-6-4-5-7-17(16)25-21(18)32/h4-11,25,32H,12-13H2,1-3H3. The van der Waals surface area contributed by atoms with Crippen molar-refractivity contribution in [3.8, 4) is 11.6 Å². The van der Waals surface area contributed by atoms with Crippen LogP contribution in [0.5, 0.6) is 11.6 Å². The first kappa shape index (κ1) is 22.1. The van der Waals surface area contributed by atoms with Gasteiger partial charge < -0.3 is 19.4 Å². The molecule has 11 heteroatoms. The number of benzene rings is 2. The maximum absolute atomic E-state index is 13.0. The number of imidazole rings is 1. The summed E-state index contributed by atoms with van der Waals surface area (Å²) < 4.78 is 9.21. The molecule has 5 rings (SSSR count). The Balaban J connectivity index is 1.63. The zero-order valence-electron chi connectivity index (χ0n) is 19.4. The third-order valence-corrected chi connectivity index (χ3v) is 6.01. The molecule has 0 saturated carbocycles. The van der Waals surface area contributed by atoms with Gasteiger partial charge in [-0.15, -0.1) is 10.2 Å². The Morgan fingerprint density at radius 3 is 2.51 bits per heavy atom. The van der Waals surface area contributed by atoms with Crippen LogP contribution in [0.3, 0.4) is 0 Å². The largest absolute Gasteiger partial charge is 0.497 e. The van der Waals surface area contributed by atoms with Gasteiger partial charge in [-0.05, 0) is 30.2 Å². The number of H-pyrrole nitrogens is 1. The quantitative estimate of drug-likeness (QED) is 0.365. The highest BCUT2D eigenvalue weighted by Crippen LogP contribution is 2.36. The third-order valence-electron chi connectivity index (χ3n) is 6.01. The van der Waals surface area contributed by atoms with E-state index in [0.29, 0.717) is 23.9 Å². The summed E-state index contributed by atoms with van der Waals surface area (Å²) in [6, 6.07) is 14.9. The lowest BCUT2D eigenvalue weighted by Crippen LogP contribution is -2.37. The molecule has 0 fully saturated rings. The van der Waals surface area contributed by atoms with Crippen LogP contribution in [0.1, 0.15) is 5.56 Å². The van der Waals surface area contributed by atoms with Gasteiger partial charge in [0, 0.05) is 26.0 Å². The van der Waals surface area contributed by atoms with Crippen LogP contribution in [-0.2, 0) is 27.1 Å². The van der Waals surface area contributed by atoms with Crippen molar-refractivity contribution < 1.29 is 9.84 Å². The van der Waals surface area contributed by atoms with Crippen LogP contribution in [0.2, 0.25) is 0 Å². The Labute approximate surface area is 198 Å². The minimum Gasteiger partial charge on any atom is -0.497 e. The summed E-state index contributed by atoms with van der Waals surface area (Å²) in [5.41, 5.74) is 1.50. The number of aromatic nitrogens is 5. The molecular formula is C24H23N7O4. The van der Waals surface area contributed by atoms with Gasteiger partial charge in [-0.3, -0.25) is 13.9 Å². The number of aromatic amines is 1. The number of nitrogens with zero attached hydrogens (tertiary/aromatic N) is 6. The van der Waals surface area contributed by atoms with Gasteiger partial charge in [0.2, 0.25) is 5.88 Å². The predicted octanol–water partition coefficient (Wildman–Crippen LogP) is 3.29. The zero-order chi connectivity index (χ0) is 24.7. The van der Waals surface area contributed by atoms with Gasteiger partial charge in [-0.1, -0.05) is 30.3 Å². The molecule has 35 heavy (non-hydrogen) atoms. The molecule has 178 valence electrons. The van der Waals surface area contributed by atoms with Crippen molar-refractivity contribution in [1.82, 2.24) is 23.7 Å². The summed E-state index contributed by atoms with van der Waals surface area (Å²) in [5.74, 6) is 0.773. The second kappa shape index (κ2) is 8.60. The molecule has 0 amide bonds. The molecule has 0 spiro atoms. The predicted molar refractivity (Wildman–Crippen MR) is 131 cm³/mol. The monoisotopic (exact) mass is 473 g/mol. The summed E-state index contributed by atoms with van der Waals surface area (Å²) in [5, 5.41) is 19.6. The molecule has 11 nitrogen and oxygen atoms in total. The van der Waals surface area contributed by atoms with Crippen molar-refractivity contribution in [2.45, 2.75) is 13.0 Å². The number of para-hydroxylation sites is 1. The fraction of sp³-hybridized carbons (Fsp3) is 0.208. The molecule has 0 saturated heterocycles. The summed E-state index contributed by atoms with van der Waals surface area (Å²) in [6.07, 6.45) is 0.572. The van der Waals surface area contributed by atoms with Crippen LogP contribution in [-0.4, -0.2) is 35.9 Å². The minimum absolute atomic E-state index is 0.126. The summed E-state index contributed by atoms with van der Waals surface area (Å²) in [4.78, 5) is 32.8. The zero-order valence-corrected chi connectivity index (χ0v) is 19.4. The molecule has 2 N–H and O–H groups in total. The van der Waals surface area contributed by atoms with Gasteiger partial charge >= 0.3 is 5.69 Å². The number of rotatable bonds is 6. The average molecular weight is 473 g/mol. The fourth-order valence-corrected chi connectivity index (χ4v) is 4.07. The second-order valence-corrected chi connectivity index (χ2v) is 8.11. The molecule has 0 bridgehead atoms. The van der Waals surface area contributed by atoms with Crippen LogP contribution in [0, 0.1) is 0 Å². The molecule has 0 aliphatic heterocycles. The summed E-state index contributed by atoms with van der Waals surface area (Å²) >= 11 is 0. The first-order valence-electron chi connectivity index (χ1n) is 10.9. The molecule has 0 unspecified atom stereocenters. The Bertz CT molecular complexity index is 1700. The lowest BCUT2D eigenvalue weighted by molar-refractivity contribution is 0.414. The number of methoxy groups -OCH3 is 1. The van der Waals surface area contributed by atoms with Crippen LogP contribution in [0.15, 0.2) is 68.3 Å². The highest BCUT2D eigenvalue weighted by atomic mass is 16.5. The highest BCUT2D eigenvalue weighted by Gasteiger charge is 2.19. The number of aryl methyl sites for hydroxylation is 3. The Kier molecular flexibility index (Phi) is 5.44. The first-order valence-corrected chi connectivity index (χ1v) is 10.9. The molecule has 0 aliphatic rings. The fourth-order valence-electron chi connectivity index (χ4n) is 4.07. The molecule has 5 aromatic rings. The smallest absolute Gasteiger partial charge is 0.332 e. The van der Waals surface area contributed by atoms with Crippen LogP contribution >= 0.6 is 0 Å². The first-order chi connectivity index (χ1) is 16.9. The van der Waals surface area contributed by atoms with Gasteiger partial charge in [0.05, 0.1) is 12.6 Å². The maximum atomic E-state index is 13.0. The summed E-state index contributed by atoms with van der Waals surface area (Å²) in [7, 11) is 4.59. The van der Waals surface area contributed by atoms with E-state index in [1.807, 2.05) is 48.5 Å². The molecule has 0 aliphatic carbocycles. The van der Waals surface area contributed by atoms with Crippen molar-refractivity contribution in [3.05, 3.63) is 74.9 Å². The highest BCUT2D eigenvalue weighted by molar-refractivity contribution is 5.94. The van der Waals surface area contributed by atoms with Gasteiger partial charge in [0.15, 0.2) is 16.9 Å². The lowest BCUT2D eigenvalue weighted by Gasteiger charge is -2.08. The number of aromatic hydroxyl groups is 1. The Morgan fingerprint density at radius 2 is 1.77 bits per heavy atom. The van der Waals surface area contributed by atoms with E-state index < -0.39 is 11.2 Å². The number of hydrogen-bond donors (Lipinski definition) is 2. The number of azo groups is 1. The lowest BCUT2D eigenvalue weighted by atomic mass is 10.1. The maximum Gasteiger partial charge on any atom is 0.332 e. The Morgan fingerprint density at radius 1 is 1.03 bits per heavy atom. The van der Waals surface area contributed by atoms with Gasteiger partial charge in [-0.25, -0.2) is 4.79 Å². The topological polar surface area (TPSA) is 132 Å².